The Hall–Kier alpha value is -7.42. The van der Waals surface area contributed by atoms with E-state index in [-0.39, 0.29) is 0 Å². The number of hydrogen-bond acceptors (Lipinski definition) is 2. The van der Waals surface area contributed by atoms with Crippen molar-refractivity contribution in [2.75, 3.05) is 0 Å². The van der Waals surface area contributed by atoms with E-state index in [1.807, 2.05) is 6.20 Å². The molecule has 0 saturated heterocycles. The molecule has 11 aromatic rings. The van der Waals surface area contributed by atoms with Gasteiger partial charge in [-0.25, -0.2) is 0 Å². The van der Waals surface area contributed by atoms with E-state index >= 15 is 0 Å². The molecule has 0 fully saturated rings. The highest BCUT2D eigenvalue weighted by molar-refractivity contribution is 6.12. The van der Waals surface area contributed by atoms with Gasteiger partial charge in [0.2, 0.25) is 0 Å². The quantitative estimate of drug-likeness (QED) is 0.186. The van der Waals surface area contributed by atoms with Crippen molar-refractivity contribution in [2.45, 2.75) is 0 Å². The fourth-order valence-electron chi connectivity index (χ4n) is 8.51. The second kappa shape index (κ2) is 11.3. The van der Waals surface area contributed by atoms with Crippen LogP contribution in [0.25, 0.3) is 93.7 Å². The minimum Gasteiger partial charge on any atom is -0.309 e. The van der Waals surface area contributed by atoms with E-state index in [0.29, 0.717) is 5.56 Å². The van der Waals surface area contributed by atoms with Gasteiger partial charge in [-0.2, -0.15) is 5.26 Å². The summed E-state index contributed by atoms with van der Waals surface area (Å²) < 4.78 is 6.96. The first kappa shape index (κ1) is 29.3. The Morgan fingerprint density at radius 2 is 0.755 bits per heavy atom. The van der Waals surface area contributed by atoms with Gasteiger partial charge >= 0.3 is 0 Å². The fourth-order valence-corrected chi connectivity index (χ4v) is 8.51. The molecular weight excluding hydrogens is 647 g/mol. The van der Waals surface area contributed by atoms with Gasteiger partial charge in [-0.3, -0.25) is 4.98 Å². The summed E-state index contributed by atoms with van der Waals surface area (Å²) in [6.07, 6.45) is 1.86. The number of benzene rings is 7. The summed E-state index contributed by atoms with van der Waals surface area (Å²) in [5.74, 6) is 0. The first-order chi connectivity index (χ1) is 26.3. The second-order valence-electron chi connectivity index (χ2n) is 13.5. The lowest BCUT2D eigenvalue weighted by Gasteiger charge is -2.19. The van der Waals surface area contributed by atoms with Gasteiger partial charge in [0.25, 0.3) is 0 Å². The lowest BCUT2D eigenvalue weighted by Crippen LogP contribution is -2.06. The highest BCUT2D eigenvalue weighted by Gasteiger charge is 2.23. The van der Waals surface area contributed by atoms with Gasteiger partial charge in [-0.1, -0.05) is 109 Å². The van der Waals surface area contributed by atoms with Gasteiger partial charge in [0, 0.05) is 49.8 Å². The lowest BCUT2D eigenvalue weighted by atomic mass is 10.0. The van der Waals surface area contributed by atoms with Crippen molar-refractivity contribution in [1.82, 2.24) is 18.7 Å². The molecule has 5 heteroatoms. The van der Waals surface area contributed by atoms with E-state index in [1.54, 1.807) is 0 Å². The van der Waals surface area contributed by atoms with E-state index in [9.17, 15) is 5.26 Å². The van der Waals surface area contributed by atoms with Gasteiger partial charge in [-0.15, -0.1) is 0 Å². The molecule has 53 heavy (non-hydrogen) atoms. The molecule has 7 aromatic carbocycles. The molecule has 5 nitrogen and oxygen atoms in total. The number of nitriles is 1. The summed E-state index contributed by atoms with van der Waals surface area (Å²) in [4.78, 5) is 4.95. The molecule has 0 saturated carbocycles. The third-order valence-corrected chi connectivity index (χ3v) is 10.7. The van der Waals surface area contributed by atoms with E-state index in [0.717, 1.165) is 61.4 Å². The predicted octanol–water partition coefficient (Wildman–Crippen LogP) is 11.9. The summed E-state index contributed by atoms with van der Waals surface area (Å²) in [7, 11) is 0. The van der Waals surface area contributed by atoms with Crippen LogP contribution in [0, 0.1) is 11.3 Å². The fraction of sp³-hybridized carbons (Fsp3) is 0. The minimum absolute atomic E-state index is 0.554. The molecule has 0 amide bonds. The Morgan fingerprint density at radius 1 is 0.396 bits per heavy atom. The Labute approximate surface area is 304 Å². The van der Waals surface area contributed by atoms with Gasteiger partial charge in [0.15, 0.2) is 0 Å². The normalized spacial score (nSPS) is 11.8. The molecular formula is C48H29N5. The van der Waals surface area contributed by atoms with Crippen molar-refractivity contribution in [3.63, 3.8) is 0 Å². The van der Waals surface area contributed by atoms with Gasteiger partial charge < -0.3 is 13.7 Å². The number of nitrogens with zero attached hydrogens (tertiary/aromatic N) is 5. The Bertz CT molecular complexity index is 3150. The SMILES string of the molecule is N#Cc1cc(-n2c3ccccc3c3ccccc32)c(-n2c3ccccc3c3ccccc32)cc1-c1cc(-n2c3ccccc3c3ccccc32)ccn1. The zero-order chi connectivity index (χ0) is 35.0. The van der Waals surface area contributed by atoms with Crippen LogP contribution in [-0.2, 0) is 0 Å². The summed E-state index contributed by atoms with van der Waals surface area (Å²) in [6.45, 7) is 0. The zero-order valence-electron chi connectivity index (χ0n) is 28.5. The van der Waals surface area contributed by atoms with Crippen LogP contribution in [0.1, 0.15) is 5.56 Å². The van der Waals surface area contributed by atoms with E-state index in [1.165, 1.54) is 32.3 Å². The maximum Gasteiger partial charge on any atom is 0.0999 e. The number of fused-ring (bicyclic) bond motifs is 9. The van der Waals surface area contributed by atoms with Crippen molar-refractivity contribution in [1.29, 1.82) is 5.26 Å². The van der Waals surface area contributed by atoms with Crippen molar-refractivity contribution in [2.24, 2.45) is 0 Å². The average molecular weight is 676 g/mol. The predicted molar refractivity (Wildman–Crippen MR) is 217 cm³/mol. The summed E-state index contributed by atoms with van der Waals surface area (Å²) in [6, 6.07) is 62.2. The molecule has 4 aromatic heterocycles. The molecule has 0 N–H and O–H groups in total. The molecule has 0 radical (unpaired) electrons. The third kappa shape index (κ3) is 4.21. The molecule has 0 spiro atoms. The molecule has 11 rings (SSSR count). The summed E-state index contributed by atoms with van der Waals surface area (Å²) in [5.41, 5.74) is 11.5. The van der Waals surface area contributed by atoms with Crippen LogP contribution in [-0.4, -0.2) is 18.7 Å². The van der Waals surface area contributed by atoms with Crippen LogP contribution >= 0.6 is 0 Å². The largest absolute Gasteiger partial charge is 0.309 e. The number of aromatic nitrogens is 4. The molecule has 0 aliphatic rings. The molecule has 0 aliphatic carbocycles. The average Bonchev–Trinajstić information content (AvgIpc) is 3.86. The van der Waals surface area contributed by atoms with Gasteiger partial charge in [0.05, 0.1) is 61.8 Å². The van der Waals surface area contributed by atoms with E-state index < -0.39 is 0 Å². The van der Waals surface area contributed by atoms with Gasteiger partial charge in [-0.05, 0) is 60.7 Å². The molecule has 4 heterocycles. The first-order valence-electron chi connectivity index (χ1n) is 17.8. The Morgan fingerprint density at radius 3 is 1.15 bits per heavy atom. The maximum absolute atomic E-state index is 10.9. The smallest absolute Gasteiger partial charge is 0.0999 e. The molecule has 0 unspecified atom stereocenters. The van der Waals surface area contributed by atoms with E-state index in [2.05, 4.69) is 190 Å². The Balaban J connectivity index is 1.25. The molecule has 0 atom stereocenters. The Kier molecular flexibility index (Phi) is 6.25. The van der Waals surface area contributed by atoms with Crippen LogP contribution in [0.2, 0.25) is 0 Å². The topological polar surface area (TPSA) is 51.5 Å². The van der Waals surface area contributed by atoms with Crippen molar-refractivity contribution < 1.29 is 0 Å². The van der Waals surface area contributed by atoms with Crippen LogP contribution in [0.4, 0.5) is 0 Å². The van der Waals surface area contributed by atoms with Crippen LogP contribution < -0.4 is 0 Å². The van der Waals surface area contributed by atoms with Gasteiger partial charge in [0.1, 0.15) is 0 Å². The van der Waals surface area contributed by atoms with E-state index in [4.69, 9.17) is 4.98 Å². The number of pyridine rings is 1. The maximum atomic E-state index is 10.9. The van der Waals surface area contributed by atoms with Crippen molar-refractivity contribution in [3.8, 4) is 34.4 Å². The summed E-state index contributed by atoms with van der Waals surface area (Å²) in [5, 5.41) is 18.0. The molecule has 0 aliphatic heterocycles. The monoisotopic (exact) mass is 675 g/mol. The van der Waals surface area contributed by atoms with Crippen LogP contribution in [0.3, 0.4) is 0 Å². The van der Waals surface area contributed by atoms with Crippen LogP contribution in [0.5, 0.6) is 0 Å². The van der Waals surface area contributed by atoms with Crippen LogP contribution in [0.15, 0.2) is 176 Å². The highest BCUT2D eigenvalue weighted by atomic mass is 15.1. The molecule has 0 bridgehead atoms. The van der Waals surface area contributed by atoms with Crippen molar-refractivity contribution >= 4 is 65.4 Å². The number of hydrogen-bond donors (Lipinski definition) is 0. The second-order valence-corrected chi connectivity index (χ2v) is 13.5. The standard InChI is InChI=1S/C48H29N5/c49-30-31-27-47(52-43-21-9-3-15-35(43)36-16-4-10-22-44(36)52)48(53-45-23-11-5-17-37(45)38-18-6-12-24-46(38)53)29-39(31)40-28-32(25-26-50-40)51-41-19-7-1-13-33(41)34-14-2-8-20-42(34)51/h1-29H. The zero-order valence-corrected chi connectivity index (χ0v) is 28.5. The number of para-hydroxylation sites is 6. The number of rotatable bonds is 4. The minimum atomic E-state index is 0.554. The lowest BCUT2D eigenvalue weighted by molar-refractivity contribution is 1.09. The summed E-state index contributed by atoms with van der Waals surface area (Å²) >= 11 is 0. The van der Waals surface area contributed by atoms with Crippen molar-refractivity contribution in [3.05, 3.63) is 182 Å². The third-order valence-electron chi connectivity index (χ3n) is 10.7. The first-order valence-corrected chi connectivity index (χ1v) is 17.8. The molecule has 246 valence electrons. The highest BCUT2D eigenvalue weighted by Crippen LogP contribution is 2.41.